The topological polar surface area (TPSA) is 84.9 Å². The Kier molecular flexibility index (Phi) is 7.18. The van der Waals surface area contributed by atoms with E-state index in [9.17, 15) is 13.2 Å². The van der Waals surface area contributed by atoms with Crippen LogP contribution >= 0.6 is 22.9 Å². The predicted molar refractivity (Wildman–Crippen MR) is 121 cm³/mol. The van der Waals surface area contributed by atoms with Crippen LogP contribution in [0.25, 0.3) is 0 Å². The normalized spacial score (nSPS) is 19.6. The number of benzene rings is 1. The Morgan fingerprint density at radius 3 is 2.77 bits per heavy atom. The Labute approximate surface area is 191 Å². The fraction of sp³-hybridized carbons (Fsp3) is 0.476. The van der Waals surface area contributed by atoms with Gasteiger partial charge in [-0.05, 0) is 56.0 Å². The van der Waals surface area contributed by atoms with Crippen molar-refractivity contribution in [2.75, 3.05) is 31.6 Å². The molecule has 1 amide bonds. The molecule has 10 heteroatoms. The van der Waals surface area contributed by atoms with Crippen LogP contribution in [-0.2, 0) is 26.0 Å². The van der Waals surface area contributed by atoms with Crippen LogP contribution < -0.4 is 10.1 Å². The number of sulfonamides is 1. The van der Waals surface area contributed by atoms with Crippen molar-refractivity contribution in [2.24, 2.45) is 0 Å². The fourth-order valence-electron chi connectivity index (χ4n) is 3.68. The van der Waals surface area contributed by atoms with Crippen LogP contribution in [0, 0.1) is 0 Å². The third kappa shape index (κ3) is 5.59. The molecule has 1 aromatic heterocycles. The van der Waals surface area contributed by atoms with Crippen molar-refractivity contribution >= 4 is 44.6 Å². The number of ether oxygens (including phenoxy) is 2. The summed E-state index contributed by atoms with van der Waals surface area (Å²) in [5.74, 6) is 0.257. The van der Waals surface area contributed by atoms with E-state index in [2.05, 4.69) is 5.32 Å². The van der Waals surface area contributed by atoms with Crippen LogP contribution in [0.15, 0.2) is 34.5 Å². The molecule has 1 atom stereocenters. The van der Waals surface area contributed by atoms with Gasteiger partial charge in [0.1, 0.15) is 16.6 Å². The third-order valence-electron chi connectivity index (χ3n) is 5.30. The highest BCUT2D eigenvalue weighted by Gasteiger charge is 2.28. The molecule has 2 aromatic rings. The second kappa shape index (κ2) is 9.87. The number of carbonyl (C=O) groups excluding carboxylic acids is 1. The second-order valence-electron chi connectivity index (χ2n) is 7.64. The lowest BCUT2D eigenvalue weighted by molar-refractivity contribution is -0.115. The van der Waals surface area contributed by atoms with Crippen LogP contribution in [0.4, 0.5) is 5.69 Å². The first-order chi connectivity index (χ1) is 14.9. The Hall–Kier alpha value is -1.65. The minimum absolute atomic E-state index is 0.0568. The minimum Gasteiger partial charge on any atom is -0.489 e. The molecule has 2 fully saturated rings. The van der Waals surface area contributed by atoms with E-state index >= 15 is 0 Å². The van der Waals surface area contributed by atoms with E-state index in [4.69, 9.17) is 21.1 Å². The molecule has 0 aliphatic carbocycles. The minimum atomic E-state index is -3.47. The number of anilines is 1. The molecular weight excluding hydrogens is 460 g/mol. The van der Waals surface area contributed by atoms with Gasteiger partial charge in [-0.25, -0.2) is 8.42 Å². The maximum absolute atomic E-state index is 12.7. The van der Waals surface area contributed by atoms with Crippen molar-refractivity contribution in [2.45, 2.75) is 42.4 Å². The van der Waals surface area contributed by atoms with E-state index in [1.54, 1.807) is 30.3 Å². The molecule has 0 bridgehead atoms. The smallest absolute Gasteiger partial charge is 0.252 e. The van der Waals surface area contributed by atoms with Crippen LogP contribution in [0.3, 0.4) is 0 Å². The van der Waals surface area contributed by atoms with Gasteiger partial charge in [0.15, 0.2) is 0 Å². The van der Waals surface area contributed by atoms with Crippen LogP contribution in [-0.4, -0.2) is 51.0 Å². The molecule has 0 saturated carbocycles. The van der Waals surface area contributed by atoms with Crippen molar-refractivity contribution in [1.29, 1.82) is 0 Å². The van der Waals surface area contributed by atoms with Gasteiger partial charge in [-0.3, -0.25) is 4.79 Å². The average Bonchev–Trinajstić information content (AvgIpc) is 3.49. The number of hydrogen-bond donors (Lipinski definition) is 1. The predicted octanol–water partition coefficient (Wildman–Crippen LogP) is 3.93. The Balaban J connectivity index is 1.39. The van der Waals surface area contributed by atoms with Gasteiger partial charge in [-0.1, -0.05) is 11.6 Å². The number of rotatable bonds is 8. The Morgan fingerprint density at radius 1 is 1.23 bits per heavy atom. The number of nitrogens with zero attached hydrogens (tertiary/aromatic N) is 1. The number of hydrogen-bond acceptors (Lipinski definition) is 6. The molecule has 1 unspecified atom stereocenters. The maximum atomic E-state index is 12.7. The highest BCUT2D eigenvalue weighted by Crippen LogP contribution is 2.30. The van der Waals surface area contributed by atoms with Gasteiger partial charge >= 0.3 is 0 Å². The molecule has 2 aliphatic heterocycles. The van der Waals surface area contributed by atoms with Gasteiger partial charge in [0.25, 0.3) is 10.0 Å². The molecule has 4 rings (SSSR count). The molecule has 7 nitrogen and oxygen atoms in total. The molecule has 168 valence electrons. The zero-order valence-corrected chi connectivity index (χ0v) is 19.4. The Morgan fingerprint density at radius 2 is 2.03 bits per heavy atom. The average molecular weight is 485 g/mol. The zero-order valence-electron chi connectivity index (χ0n) is 17.0. The summed E-state index contributed by atoms with van der Waals surface area (Å²) in [6, 6.07) is 8.34. The molecule has 2 aliphatic rings. The molecule has 1 N–H and O–H groups in total. The van der Waals surface area contributed by atoms with Crippen LogP contribution in [0.5, 0.6) is 5.75 Å². The fourth-order valence-corrected chi connectivity index (χ4v) is 6.88. The van der Waals surface area contributed by atoms with Crippen molar-refractivity contribution < 1.29 is 22.7 Å². The van der Waals surface area contributed by atoms with Crippen LogP contribution in [0.2, 0.25) is 5.02 Å². The summed E-state index contributed by atoms with van der Waals surface area (Å²) in [6.07, 6.45) is 3.87. The monoisotopic (exact) mass is 484 g/mol. The lowest BCUT2D eigenvalue weighted by Crippen LogP contribution is -2.27. The third-order valence-corrected chi connectivity index (χ3v) is 8.98. The summed E-state index contributed by atoms with van der Waals surface area (Å²) in [4.78, 5) is 13.3. The summed E-state index contributed by atoms with van der Waals surface area (Å²) in [6.45, 7) is 2.26. The summed E-state index contributed by atoms with van der Waals surface area (Å²) in [5, 5.41) is 3.32. The van der Waals surface area contributed by atoms with Crippen molar-refractivity contribution in [3.63, 3.8) is 0 Å². The van der Waals surface area contributed by atoms with Gasteiger partial charge in [0.2, 0.25) is 5.91 Å². The largest absolute Gasteiger partial charge is 0.489 e. The quantitative estimate of drug-likeness (QED) is 0.613. The first-order valence-electron chi connectivity index (χ1n) is 10.3. The van der Waals surface area contributed by atoms with Crippen LogP contribution in [0.1, 0.15) is 30.6 Å². The summed E-state index contributed by atoms with van der Waals surface area (Å²) in [7, 11) is -3.47. The first-order valence-corrected chi connectivity index (χ1v) is 13.0. The van der Waals surface area contributed by atoms with E-state index < -0.39 is 10.0 Å². The number of halogens is 1. The number of thiophene rings is 1. The van der Waals surface area contributed by atoms with Gasteiger partial charge in [-0.2, -0.15) is 4.31 Å². The highest BCUT2D eigenvalue weighted by atomic mass is 35.5. The summed E-state index contributed by atoms with van der Waals surface area (Å²) < 4.78 is 38.6. The van der Waals surface area contributed by atoms with Crippen molar-refractivity contribution in [3.8, 4) is 5.75 Å². The number of amides is 1. The molecular formula is C21H25ClN2O5S2. The standard InChI is InChI=1S/C21H25ClN2O5S2/c22-15-5-7-19(29-14-16-4-3-11-28-16)18(12-15)23-20(25)13-17-6-8-21(30-17)31(26,27)24-9-1-2-10-24/h5-8,12,16H,1-4,9-11,13-14H2,(H,23,25). The maximum Gasteiger partial charge on any atom is 0.252 e. The summed E-state index contributed by atoms with van der Waals surface area (Å²) >= 11 is 7.24. The molecule has 3 heterocycles. The molecule has 1 aromatic carbocycles. The second-order valence-corrected chi connectivity index (χ2v) is 11.4. The lowest BCUT2D eigenvalue weighted by atomic mass is 10.2. The number of carbonyl (C=O) groups is 1. The van der Waals surface area contributed by atoms with E-state index in [1.807, 2.05) is 0 Å². The van der Waals surface area contributed by atoms with Crippen molar-refractivity contribution in [3.05, 3.63) is 40.2 Å². The van der Waals surface area contributed by atoms with E-state index in [0.717, 1.165) is 43.6 Å². The van der Waals surface area contributed by atoms with Gasteiger partial charge in [0, 0.05) is 29.6 Å². The SMILES string of the molecule is O=C(Cc1ccc(S(=O)(=O)N2CCCC2)s1)Nc1cc(Cl)ccc1OCC1CCCO1. The molecule has 0 radical (unpaired) electrons. The molecule has 0 spiro atoms. The lowest BCUT2D eigenvalue weighted by Gasteiger charge is -2.15. The molecule has 31 heavy (non-hydrogen) atoms. The number of nitrogens with one attached hydrogen (secondary N) is 1. The zero-order chi connectivity index (χ0) is 21.8. The highest BCUT2D eigenvalue weighted by molar-refractivity contribution is 7.91. The first kappa shape index (κ1) is 22.5. The van der Waals surface area contributed by atoms with E-state index in [-0.39, 0.29) is 22.6 Å². The van der Waals surface area contributed by atoms with Crippen molar-refractivity contribution in [1.82, 2.24) is 4.31 Å². The van der Waals surface area contributed by atoms with Gasteiger partial charge in [-0.15, -0.1) is 11.3 Å². The van der Waals surface area contributed by atoms with E-state index in [0.29, 0.717) is 41.0 Å². The molecule has 2 saturated heterocycles. The van der Waals surface area contributed by atoms with Gasteiger partial charge < -0.3 is 14.8 Å². The Bertz CT molecular complexity index is 1030. The van der Waals surface area contributed by atoms with Gasteiger partial charge in [0.05, 0.1) is 18.2 Å². The van der Waals surface area contributed by atoms with E-state index in [1.165, 1.54) is 4.31 Å². The summed E-state index contributed by atoms with van der Waals surface area (Å²) in [5.41, 5.74) is 0.483.